The van der Waals surface area contributed by atoms with Gasteiger partial charge in [-0.1, -0.05) is 36.4 Å². The first kappa shape index (κ1) is 18.9. The second-order valence-corrected chi connectivity index (χ2v) is 7.54. The van der Waals surface area contributed by atoms with Crippen LogP contribution in [0.4, 0.5) is 11.4 Å². The molecular formula is C22H16N4O5. The number of fused-ring (bicyclic) bond motifs is 3. The number of carbonyl (C=O) groups excluding carboxylic acids is 3. The molecule has 0 bridgehead atoms. The predicted molar refractivity (Wildman–Crippen MR) is 110 cm³/mol. The van der Waals surface area contributed by atoms with Crippen LogP contribution in [0.5, 0.6) is 0 Å². The Morgan fingerprint density at radius 1 is 1.00 bits per heavy atom. The molecule has 154 valence electrons. The highest BCUT2D eigenvalue weighted by Crippen LogP contribution is 2.46. The summed E-state index contributed by atoms with van der Waals surface area (Å²) in [7, 11) is 0. The molecule has 31 heavy (non-hydrogen) atoms. The van der Waals surface area contributed by atoms with Crippen LogP contribution in [0, 0.1) is 22.0 Å². The van der Waals surface area contributed by atoms with Gasteiger partial charge in [0.1, 0.15) is 6.04 Å². The number of rotatable bonds is 4. The normalized spacial score (nSPS) is 26.2. The van der Waals surface area contributed by atoms with Gasteiger partial charge in [-0.2, -0.15) is 5.10 Å². The van der Waals surface area contributed by atoms with Crippen LogP contribution < -0.4 is 4.90 Å². The number of ketones is 1. The number of nitro benzene ring substituents is 1. The van der Waals surface area contributed by atoms with Crippen molar-refractivity contribution in [3.63, 3.8) is 0 Å². The Morgan fingerprint density at radius 3 is 2.48 bits per heavy atom. The van der Waals surface area contributed by atoms with Crippen molar-refractivity contribution < 1.29 is 19.3 Å². The molecule has 9 heteroatoms. The van der Waals surface area contributed by atoms with Crippen molar-refractivity contribution in [3.05, 3.63) is 82.4 Å². The second kappa shape index (κ2) is 6.98. The van der Waals surface area contributed by atoms with Gasteiger partial charge >= 0.3 is 0 Å². The minimum absolute atomic E-state index is 0.0989. The lowest BCUT2D eigenvalue weighted by molar-refractivity contribution is -0.384. The molecule has 0 saturated carbocycles. The molecular weight excluding hydrogens is 400 g/mol. The van der Waals surface area contributed by atoms with Crippen molar-refractivity contribution in [1.82, 2.24) is 5.01 Å². The monoisotopic (exact) mass is 416 g/mol. The highest BCUT2D eigenvalue weighted by Gasteiger charge is 2.64. The van der Waals surface area contributed by atoms with Crippen molar-refractivity contribution in [2.75, 3.05) is 4.90 Å². The SMILES string of the molecule is O=C(c1cccc([N+](=O)[O-])c1)C1C2C(=O)N(c3ccccc3)C(=O)C2C2C=CC=NN21. The van der Waals surface area contributed by atoms with E-state index in [-0.39, 0.29) is 17.2 Å². The van der Waals surface area contributed by atoms with Crippen LogP contribution in [0.1, 0.15) is 10.4 Å². The van der Waals surface area contributed by atoms with E-state index in [1.807, 2.05) is 0 Å². The zero-order valence-electron chi connectivity index (χ0n) is 16.1. The average Bonchev–Trinajstić information content (AvgIpc) is 3.26. The number of nitro groups is 1. The molecule has 3 aliphatic heterocycles. The van der Waals surface area contributed by atoms with Gasteiger partial charge in [-0.3, -0.25) is 29.5 Å². The van der Waals surface area contributed by atoms with Crippen molar-refractivity contribution >= 4 is 35.2 Å². The van der Waals surface area contributed by atoms with E-state index < -0.39 is 40.5 Å². The number of benzene rings is 2. The Kier molecular flexibility index (Phi) is 4.25. The van der Waals surface area contributed by atoms with E-state index in [9.17, 15) is 24.5 Å². The predicted octanol–water partition coefficient (Wildman–Crippen LogP) is 2.19. The Balaban J connectivity index is 1.58. The number of allylic oxidation sites excluding steroid dienone is 1. The number of anilines is 1. The lowest BCUT2D eigenvalue weighted by Crippen LogP contribution is -2.46. The molecule has 0 N–H and O–H groups in total. The number of nitrogens with zero attached hydrogens (tertiary/aromatic N) is 4. The molecule has 5 rings (SSSR count). The largest absolute Gasteiger partial charge is 0.292 e. The molecule has 3 aliphatic rings. The molecule has 3 heterocycles. The number of carbonyl (C=O) groups is 3. The maximum absolute atomic E-state index is 13.5. The fourth-order valence-electron chi connectivity index (χ4n) is 4.61. The van der Waals surface area contributed by atoms with E-state index in [2.05, 4.69) is 5.10 Å². The maximum Gasteiger partial charge on any atom is 0.270 e. The number of hydrogen-bond donors (Lipinski definition) is 0. The molecule has 2 fully saturated rings. The minimum atomic E-state index is -1.04. The topological polar surface area (TPSA) is 113 Å². The molecule has 4 unspecified atom stereocenters. The number of hydrazone groups is 1. The summed E-state index contributed by atoms with van der Waals surface area (Å²) in [5.74, 6) is -3.04. The number of hydrogen-bond acceptors (Lipinski definition) is 7. The first-order valence-electron chi connectivity index (χ1n) is 9.69. The summed E-state index contributed by atoms with van der Waals surface area (Å²) in [4.78, 5) is 51.9. The highest BCUT2D eigenvalue weighted by atomic mass is 16.6. The van der Waals surface area contributed by atoms with Crippen molar-refractivity contribution in [2.45, 2.75) is 12.1 Å². The first-order chi connectivity index (χ1) is 15.0. The Labute approximate surface area is 176 Å². The summed E-state index contributed by atoms with van der Waals surface area (Å²) in [6.07, 6.45) is 4.93. The molecule has 2 saturated heterocycles. The first-order valence-corrected chi connectivity index (χ1v) is 9.69. The zero-order valence-corrected chi connectivity index (χ0v) is 16.1. The van der Waals surface area contributed by atoms with E-state index in [0.29, 0.717) is 5.69 Å². The van der Waals surface area contributed by atoms with Crippen molar-refractivity contribution in [2.24, 2.45) is 16.9 Å². The zero-order chi connectivity index (χ0) is 21.7. The molecule has 0 spiro atoms. The average molecular weight is 416 g/mol. The smallest absolute Gasteiger partial charge is 0.270 e. The summed E-state index contributed by atoms with van der Waals surface area (Å²) in [6, 6.07) is 12.4. The van der Waals surface area contributed by atoms with Gasteiger partial charge in [-0.25, -0.2) is 4.90 Å². The van der Waals surface area contributed by atoms with Gasteiger partial charge in [-0.05, 0) is 18.2 Å². The number of non-ortho nitro benzene ring substituents is 1. The fourth-order valence-corrected chi connectivity index (χ4v) is 4.61. The Morgan fingerprint density at radius 2 is 1.74 bits per heavy atom. The van der Waals surface area contributed by atoms with Gasteiger partial charge in [-0.15, -0.1) is 0 Å². The van der Waals surface area contributed by atoms with E-state index in [1.54, 1.807) is 42.5 Å². The van der Waals surface area contributed by atoms with Crippen LogP contribution in [0.25, 0.3) is 0 Å². The van der Waals surface area contributed by atoms with Gasteiger partial charge in [0.2, 0.25) is 11.8 Å². The van der Waals surface area contributed by atoms with Gasteiger partial charge < -0.3 is 0 Å². The molecule has 0 radical (unpaired) electrons. The third kappa shape index (κ3) is 2.77. The van der Waals surface area contributed by atoms with Crippen LogP contribution >= 0.6 is 0 Å². The second-order valence-electron chi connectivity index (χ2n) is 7.54. The number of Topliss-reactive ketones (excluding diaryl/α,β-unsaturated/α-hetero) is 1. The van der Waals surface area contributed by atoms with E-state index in [0.717, 1.165) is 4.90 Å². The number of amides is 2. The fraction of sp³-hybridized carbons (Fsp3) is 0.182. The van der Waals surface area contributed by atoms with Crippen molar-refractivity contribution in [1.29, 1.82) is 0 Å². The van der Waals surface area contributed by atoms with Crippen LogP contribution in [0.3, 0.4) is 0 Å². The number of para-hydroxylation sites is 1. The summed E-state index contributed by atoms with van der Waals surface area (Å²) < 4.78 is 0. The third-order valence-corrected chi connectivity index (χ3v) is 5.92. The molecule has 4 atom stereocenters. The van der Waals surface area contributed by atoms with Gasteiger partial charge in [0.25, 0.3) is 5.69 Å². The van der Waals surface area contributed by atoms with Crippen LogP contribution in [-0.4, -0.2) is 45.8 Å². The van der Waals surface area contributed by atoms with Crippen LogP contribution in [-0.2, 0) is 9.59 Å². The highest BCUT2D eigenvalue weighted by molar-refractivity contribution is 6.24. The third-order valence-electron chi connectivity index (χ3n) is 5.92. The lowest BCUT2D eigenvalue weighted by atomic mass is 9.86. The quantitative estimate of drug-likeness (QED) is 0.327. The Bertz CT molecular complexity index is 1180. The summed E-state index contributed by atoms with van der Waals surface area (Å²) in [5, 5.41) is 16.9. The Hall–Kier alpha value is -4.14. The number of imide groups is 1. The molecule has 9 nitrogen and oxygen atoms in total. The summed E-state index contributed by atoms with van der Waals surface area (Å²) in [5.41, 5.74) is 0.323. The van der Waals surface area contributed by atoms with Gasteiger partial charge in [0.15, 0.2) is 5.78 Å². The minimum Gasteiger partial charge on any atom is -0.292 e. The van der Waals surface area contributed by atoms with Gasteiger partial charge in [0.05, 0.1) is 28.5 Å². The maximum atomic E-state index is 13.5. The molecule has 0 aliphatic carbocycles. The molecule has 2 aromatic carbocycles. The van der Waals surface area contributed by atoms with E-state index in [1.165, 1.54) is 35.5 Å². The van der Waals surface area contributed by atoms with Crippen LogP contribution in [0.15, 0.2) is 71.9 Å². The van der Waals surface area contributed by atoms with Crippen molar-refractivity contribution in [3.8, 4) is 0 Å². The van der Waals surface area contributed by atoms with E-state index >= 15 is 0 Å². The molecule has 2 aromatic rings. The summed E-state index contributed by atoms with van der Waals surface area (Å²) >= 11 is 0. The molecule has 0 aromatic heterocycles. The van der Waals surface area contributed by atoms with Gasteiger partial charge in [0, 0.05) is 23.9 Å². The molecule has 2 amide bonds. The van der Waals surface area contributed by atoms with Crippen LogP contribution in [0.2, 0.25) is 0 Å². The van der Waals surface area contributed by atoms with E-state index in [4.69, 9.17) is 0 Å². The lowest BCUT2D eigenvalue weighted by Gasteiger charge is -2.30. The summed E-state index contributed by atoms with van der Waals surface area (Å²) in [6.45, 7) is 0. The standard InChI is InChI=1S/C22H16N4O5/c27-20(13-6-4-9-15(12-13)26(30)31)19-18-17(16-10-5-11-23-25(16)19)21(28)24(22(18)29)14-7-2-1-3-8-14/h1-12,16-19H.